The van der Waals surface area contributed by atoms with Crippen molar-refractivity contribution in [1.82, 2.24) is 14.9 Å². The lowest BCUT2D eigenvalue weighted by Gasteiger charge is -2.33. The van der Waals surface area contributed by atoms with Crippen molar-refractivity contribution in [3.63, 3.8) is 0 Å². The molecule has 2 fully saturated rings. The number of fused-ring (bicyclic) bond motifs is 1. The van der Waals surface area contributed by atoms with Gasteiger partial charge in [0.2, 0.25) is 5.91 Å². The molecule has 1 atom stereocenters. The molecule has 1 unspecified atom stereocenters. The summed E-state index contributed by atoms with van der Waals surface area (Å²) in [6, 6.07) is 5.90. The summed E-state index contributed by atoms with van der Waals surface area (Å²) in [6.07, 6.45) is 4.98. The molecular formula is C18H23N3O3. The number of hydrogen-bond donors (Lipinski definition) is 2. The van der Waals surface area contributed by atoms with Gasteiger partial charge in [-0.05, 0) is 49.3 Å². The van der Waals surface area contributed by atoms with E-state index in [-0.39, 0.29) is 17.7 Å². The van der Waals surface area contributed by atoms with Crippen molar-refractivity contribution in [2.24, 2.45) is 5.92 Å². The zero-order valence-corrected chi connectivity index (χ0v) is 13.7. The van der Waals surface area contributed by atoms with Crippen LogP contribution >= 0.6 is 0 Å². The van der Waals surface area contributed by atoms with E-state index in [4.69, 9.17) is 4.74 Å². The molecule has 1 saturated carbocycles. The summed E-state index contributed by atoms with van der Waals surface area (Å²) in [4.78, 5) is 31.2. The van der Waals surface area contributed by atoms with Crippen LogP contribution in [0, 0.1) is 5.92 Å². The number of amides is 1. The first kappa shape index (κ1) is 15.4. The van der Waals surface area contributed by atoms with Gasteiger partial charge in [0.05, 0.1) is 23.7 Å². The highest BCUT2D eigenvalue weighted by Crippen LogP contribution is 2.35. The van der Waals surface area contributed by atoms with E-state index in [0.29, 0.717) is 18.9 Å². The van der Waals surface area contributed by atoms with E-state index in [1.165, 1.54) is 12.8 Å². The molecule has 1 saturated heterocycles. The minimum Gasteiger partial charge on any atom is -0.374 e. The average molecular weight is 329 g/mol. The lowest BCUT2D eigenvalue weighted by molar-refractivity contribution is -0.139. The zero-order valence-electron chi connectivity index (χ0n) is 13.7. The number of rotatable bonds is 5. The van der Waals surface area contributed by atoms with Crippen LogP contribution in [0.1, 0.15) is 31.2 Å². The third kappa shape index (κ3) is 3.38. The fraction of sp³-hybridized carbons (Fsp3) is 0.556. The highest BCUT2D eigenvalue weighted by atomic mass is 16.5. The van der Waals surface area contributed by atoms with E-state index in [1.807, 2.05) is 23.1 Å². The van der Waals surface area contributed by atoms with Crippen LogP contribution < -0.4 is 5.69 Å². The number of imidazole rings is 1. The summed E-state index contributed by atoms with van der Waals surface area (Å²) >= 11 is 0. The van der Waals surface area contributed by atoms with Gasteiger partial charge < -0.3 is 19.6 Å². The van der Waals surface area contributed by atoms with Crippen molar-refractivity contribution in [2.45, 2.75) is 38.2 Å². The van der Waals surface area contributed by atoms with Crippen LogP contribution in [0.5, 0.6) is 0 Å². The van der Waals surface area contributed by atoms with E-state index >= 15 is 0 Å². The van der Waals surface area contributed by atoms with Crippen molar-refractivity contribution < 1.29 is 9.53 Å². The molecule has 1 aromatic heterocycles. The SMILES string of the molecule is O=C(CCCc1ccc2[nH]c(=O)[nH]c2c1)N1CCOC(C2CC2)C1. The predicted molar refractivity (Wildman–Crippen MR) is 90.9 cm³/mol. The van der Waals surface area contributed by atoms with Gasteiger partial charge in [-0.2, -0.15) is 0 Å². The van der Waals surface area contributed by atoms with Crippen molar-refractivity contribution >= 4 is 16.9 Å². The van der Waals surface area contributed by atoms with Gasteiger partial charge in [-0.15, -0.1) is 0 Å². The molecule has 2 N–H and O–H groups in total. The standard InChI is InChI=1S/C18H23N3O3/c22-17(21-8-9-24-16(11-21)13-5-6-13)3-1-2-12-4-7-14-15(10-12)20-18(23)19-14/h4,7,10,13,16H,1-3,5-6,8-9,11H2,(H2,19,20,23). The van der Waals surface area contributed by atoms with Crippen LogP contribution in [-0.4, -0.2) is 46.6 Å². The Morgan fingerprint density at radius 1 is 1.25 bits per heavy atom. The van der Waals surface area contributed by atoms with Gasteiger partial charge in [-0.1, -0.05) is 6.07 Å². The number of ether oxygens (including phenoxy) is 1. The van der Waals surface area contributed by atoms with E-state index in [1.54, 1.807) is 0 Å². The smallest absolute Gasteiger partial charge is 0.323 e. The van der Waals surface area contributed by atoms with E-state index in [9.17, 15) is 9.59 Å². The van der Waals surface area contributed by atoms with Crippen LogP contribution in [0.3, 0.4) is 0 Å². The average Bonchev–Trinajstić information content (AvgIpc) is 3.36. The van der Waals surface area contributed by atoms with Gasteiger partial charge in [0.1, 0.15) is 0 Å². The Bertz CT molecular complexity index is 790. The number of carbonyl (C=O) groups is 1. The Hall–Kier alpha value is -2.08. The molecule has 4 rings (SSSR count). The first-order chi connectivity index (χ1) is 11.7. The maximum atomic E-state index is 12.4. The summed E-state index contributed by atoms with van der Waals surface area (Å²) in [5.74, 6) is 0.913. The highest BCUT2D eigenvalue weighted by molar-refractivity contribution is 5.76. The van der Waals surface area contributed by atoms with Crippen LogP contribution in [0.15, 0.2) is 23.0 Å². The second-order valence-electron chi connectivity index (χ2n) is 6.90. The molecule has 2 aromatic rings. The maximum Gasteiger partial charge on any atom is 0.323 e. The van der Waals surface area contributed by atoms with E-state index in [0.717, 1.165) is 42.5 Å². The number of hydrogen-bond acceptors (Lipinski definition) is 3. The molecule has 0 spiro atoms. The summed E-state index contributed by atoms with van der Waals surface area (Å²) in [7, 11) is 0. The third-order valence-corrected chi connectivity index (χ3v) is 5.03. The Morgan fingerprint density at radius 3 is 2.92 bits per heavy atom. The molecule has 6 nitrogen and oxygen atoms in total. The number of carbonyl (C=O) groups excluding carboxylic acids is 1. The quantitative estimate of drug-likeness (QED) is 0.878. The van der Waals surface area contributed by atoms with Crippen LogP contribution in [0.25, 0.3) is 11.0 Å². The number of aryl methyl sites for hydroxylation is 1. The minimum absolute atomic E-state index is 0.185. The third-order valence-electron chi connectivity index (χ3n) is 5.03. The van der Waals surface area contributed by atoms with Crippen molar-refractivity contribution in [2.75, 3.05) is 19.7 Å². The number of aromatic nitrogens is 2. The Labute approximate surface area is 140 Å². The van der Waals surface area contributed by atoms with Gasteiger partial charge in [0, 0.05) is 19.5 Å². The summed E-state index contributed by atoms with van der Waals surface area (Å²) in [6.45, 7) is 2.16. The molecule has 0 bridgehead atoms. The molecule has 1 aromatic carbocycles. The molecule has 1 amide bonds. The van der Waals surface area contributed by atoms with Crippen LogP contribution in [-0.2, 0) is 16.0 Å². The second kappa shape index (κ2) is 6.43. The largest absolute Gasteiger partial charge is 0.374 e. The Balaban J connectivity index is 1.29. The van der Waals surface area contributed by atoms with Crippen molar-refractivity contribution in [1.29, 1.82) is 0 Å². The van der Waals surface area contributed by atoms with Gasteiger partial charge in [-0.25, -0.2) is 4.79 Å². The Kier molecular flexibility index (Phi) is 4.14. The monoisotopic (exact) mass is 329 g/mol. The summed E-state index contributed by atoms with van der Waals surface area (Å²) in [5, 5.41) is 0. The van der Waals surface area contributed by atoms with Gasteiger partial charge in [0.15, 0.2) is 0 Å². The molecule has 1 aliphatic carbocycles. The van der Waals surface area contributed by atoms with Gasteiger partial charge in [-0.3, -0.25) is 4.79 Å². The molecule has 2 heterocycles. The fourth-order valence-electron chi connectivity index (χ4n) is 3.49. The maximum absolute atomic E-state index is 12.4. The molecule has 128 valence electrons. The molecule has 24 heavy (non-hydrogen) atoms. The number of morpholine rings is 1. The van der Waals surface area contributed by atoms with Crippen LogP contribution in [0.2, 0.25) is 0 Å². The topological polar surface area (TPSA) is 78.2 Å². The van der Waals surface area contributed by atoms with Crippen molar-refractivity contribution in [3.8, 4) is 0 Å². The lowest BCUT2D eigenvalue weighted by atomic mass is 10.1. The summed E-state index contributed by atoms with van der Waals surface area (Å²) < 4.78 is 5.77. The first-order valence-electron chi connectivity index (χ1n) is 8.79. The first-order valence-corrected chi connectivity index (χ1v) is 8.79. The number of nitrogens with one attached hydrogen (secondary N) is 2. The van der Waals surface area contributed by atoms with Gasteiger partial charge in [0.25, 0.3) is 0 Å². The molecule has 2 aliphatic rings. The number of aromatic amines is 2. The van der Waals surface area contributed by atoms with Crippen molar-refractivity contribution in [3.05, 3.63) is 34.2 Å². The lowest BCUT2D eigenvalue weighted by Crippen LogP contribution is -2.46. The second-order valence-corrected chi connectivity index (χ2v) is 6.90. The van der Waals surface area contributed by atoms with E-state index < -0.39 is 0 Å². The Morgan fingerprint density at radius 2 is 2.08 bits per heavy atom. The molecule has 6 heteroatoms. The van der Waals surface area contributed by atoms with E-state index in [2.05, 4.69) is 9.97 Å². The normalized spacial score (nSPS) is 21.3. The highest BCUT2D eigenvalue weighted by Gasteiger charge is 2.36. The molecule has 1 aliphatic heterocycles. The minimum atomic E-state index is -0.185. The number of benzene rings is 1. The zero-order chi connectivity index (χ0) is 16.5. The predicted octanol–water partition coefficient (Wildman–Crippen LogP) is 1.82. The van der Waals surface area contributed by atoms with Gasteiger partial charge >= 0.3 is 5.69 Å². The summed E-state index contributed by atoms with van der Waals surface area (Å²) in [5.41, 5.74) is 2.60. The molecular weight excluding hydrogens is 306 g/mol. The number of nitrogens with zero attached hydrogens (tertiary/aromatic N) is 1. The van der Waals surface area contributed by atoms with Crippen LogP contribution in [0.4, 0.5) is 0 Å². The fourth-order valence-corrected chi connectivity index (χ4v) is 3.49. The number of H-pyrrole nitrogens is 2. The molecule has 0 radical (unpaired) electrons.